The van der Waals surface area contributed by atoms with E-state index in [1.165, 1.54) is 54.1 Å². The van der Waals surface area contributed by atoms with Crippen molar-refractivity contribution in [3.8, 4) is 0 Å². The second-order valence-corrected chi connectivity index (χ2v) is 9.24. The monoisotopic (exact) mass is 440 g/mol. The van der Waals surface area contributed by atoms with Crippen LogP contribution in [0.4, 0.5) is 15.8 Å². The molecule has 1 amide bonds. The predicted octanol–water partition coefficient (Wildman–Crippen LogP) is 5.32. The first-order valence-corrected chi connectivity index (χ1v) is 11.5. The SMILES string of the molecule is CC(C)c1ccc(CCC(=O)Nc2ccc(S(=O)(=O)Nc3ccccc3F)cc2)cc1. The highest BCUT2D eigenvalue weighted by Gasteiger charge is 2.16. The van der Waals surface area contributed by atoms with Gasteiger partial charge in [0, 0.05) is 12.1 Å². The van der Waals surface area contributed by atoms with Gasteiger partial charge in [-0.15, -0.1) is 0 Å². The molecule has 0 aliphatic carbocycles. The Balaban J connectivity index is 1.57. The molecule has 0 atom stereocenters. The Morgan fingerprint density at radius 1 is 0.935 bits per heavy atom. The molecule has 0 heterocycles. The summed E-state index contributed by atoms with van der Waals surface area (Å²) in [6, 6.07) is 19.5. The number of carbonyl (C=O) groups is 1. The fourth-order valence-electron chi connectivity index (χ4n) is 3.02. The summed E-state index contributed by atoms with van der Waals surface area (Å²) >= 11 is 0. The number of hydrogen-bond donors (Lipinski definition) is 2. The van der Waals surface area contributed by atoms with Gasteiger partial charge in [-0.05, 0) is 59.9 Å². The molecule has 5 nitrogen and oxygen atoms in total. The third-order valence-electron chi connectivity index (χ3n) is 4.85. The van der Waals surface area contributed by atoms with Gasteiger partial charge < -0.3 is 5.32 Å². The van der Waals surface area contributed by atoms with E-state index in [0.717, 1.165) is 5.56 Å². The molecule has 0 bridgehead atoms. The zero-order valence-electron chi connectivity index (χ0n) is 17.4. The quantitative estimate of drug-likeness (QED) is 0.498. The first kappa shape index (κ1) is 22.5. The van der Waals surface area contributed by atoms with E-state index in [4.69, 9.17) is 0 Å². The highest BCUT2D eigenvalue weighted by Crippen LogP contribution is 2.21. The molecule has 3 rings (SSSR count). The zero-order chi connectivity index (χ0) is 22.4. The molecule has 3 aromatic rings. The normalized spacial score (nSPS) is 11.4. The number of hydrogen-bond acceptors (Lipinski definition) is 3. The molecule has 3 aromatic carbocycles. The Morgan fingerprint density at radius 2 is 1.58 bits per heavy atom. The maximum Gasteiger partial charge on any atom is 0.261 e. The number of halogens is 1. The summed E-state index contributed by atoms with van der Waals surface area (Å²) in [5.41, 5.74) is 2.71. The second-order valence-electron chi connectivity index (χ2n) is 7.55. The van der Waals surface area contributed by atoms with Crippen molar-refractivity contribution in [1.29, 1.82) is 0 Å². The van der Waals surface area contributed by atoms with Crippen molar-refractivity contribution in [2.75, 3.05) is 10.0 Å². The Hall–Kier alpha value is -3.19. The standard InChI is InChI=1S/C24H25FN2O3S/c1-17(2)19-10-7-18(8-11-19)9-16-24(28)26-20-12-14-21(15-13-20)31(29,30)27-23-6-4-3-5-22(23)25/h3-8,10-15,17,27H,9,16H2,1-2H3,(H,26,28). The van der Waals surface area contributed by atoms with Gasteiger partial charge in [-0.1, -0.05) is 50.2 Å². The summed E-state index contributed by atoms with van der Waals surface area (Å²) in [5, 5.41) is 2.77. The number of anilines is 2. The lowest BCUT2D eigenvalue weighted by molar-refractivity contribution is -0.116. The Labute approximate surface area is 182 Å². The summed E-state index contributed by atoms with van der Waals surface area (Å²) in [6.45, 7) is 4.27. The van der Waals surface area contributed by atoms with Crippen molar-refractivity contribution in [2.24, 2.45) is 0 Å². The van der Waals surface area contributed by atoms with Crippen LogP contribution >= 0.6 is 0 Å². The number of carbonyl (C=O) groups excluding carboxylic acids is 1. The molecule has 7 heteroatoms. The summed E-state index contributed by atoms with van der Waals surface area (Å²) < 4.78 is 40.8. The minimum atomic E-state index is -3.94. The summed E-state index contributed by atoms with van der Waals surface area (Å²) in [4.78, 5) is 12.2. The average Bonchev–Trinajstić information content (AvgIpc) is 2.74. The summed E-state index contributed by atoms with van der Waals surface area (Å²) in [6.07, 6.45) is 0.930. The topological polar surface area (TPSA) is 75.3 Å². The molecule has 0 unspecified atom stereocenters. The van der Waals surface area contributed by atoms with Crippen LogP contribution < -0.4 is 10.0 Å². The van der Waals surface area contributed by atoms with Gasteiger partial charge in [0.2, 0.25) is 5.91 Å². The summed E-state index contributed by atoms with van der Waals surface area (Å²) in [7, 11) is -3.94. The van der Waals surface area contributed by atoms with Crippen LogP contribution in [0.25, 0.3) is 0 Å². The van der Waals surface area contributed by atoms with Crippen molar-refractivity contribution in [3.63, 3.8) is 0 Å². The summed E-state index contributed by atoms with van der Waals surface area (Å²) in [5.74, 6) is -0.354. The van der Waals surface area contributed by atoms with E-state index >= 15 is 0 Å². The number of sulfonamides is 1. The maximum absolute atomic E-state index is 13.7. The van der Waals surface area contributed by atoms with Crippen LogP contribution in [0.15, 0.2) is 77.7 Å². The molecule has 31 heavy (non-hydrogen) atoms. The van der Waals surface area contributed by atoms with Crippen molar-refractivity contribution in [3.05, 3.63) is 89.7 Å². The van der Waals surface area contributed by atoms with E-state index < -0.39 is 15.8 Å². The largest absolute Gasteiger partial charge is 0.326 e. The van der Waals surface area contributed by atoms with Gasteiger partial charge >= 0.3 is 0 Å². The van der Waals surface area contributed by atoms with Crippen molar-refractivity contribution in [2.45, 2.75) is 37.5 Å². The fraction of sp³-hybridized carbons (Fsp3) is 0.208. The van der Waals surface area contributed by atoms with Crippen LogP contribution in [0.5, 0.6) is 0 Å². The molecule has 0 aliphatic rings. The Bertz CT molecular complexity index is 1140. The Morgan fingerprint density at radius 3 is 2.19 bits per heavy atom. The van der Waals surface area contributed by atoms with Crippen molar-refractivity contribution in [1.82, 2.24) is 0 Å². The van der Waals surface area contributed by atoms with Crippen LogP contribution in [-0.4, -0.2) is 14.3 Å². The van der Waals surface area contributed by atoms with Gasteiger partial charge in [-0.3, -0.25) is 9.52 Å². The predicted molar refractivity (Wildman–Crippen MR) is 121 cm³/mol. The van der Waals surface area contributed by atoms with Gasteiger partial charge in [-0.25, -0.2) is 12.8 Å². The van der Waals surface area contributed by atoms with E-state index in [2.05, 4.69) is 36.0 Å². The molecule has 162 valence electrons. The number of amides is 1. The van der Waals surface area contributed by atoms with Gasteiger partial charge in [-0.2, -0.15) is 0 Å². The lowest BCUT2D eigenvalue weighted by atomic mass is 10.0. The molecule has 2 N–H and O–H groups in total. The van der Waals surface area contributed by atoms with E-state index in [-0.39, 0.29) is 16.5 Å². The molecular formula is C24H25FN2O3S. The molecule has 0 saturated heterocycles. The first-order valence-electron chi connectivity index (χ1n) is 10.0. The third-order valence-corrected chi connectivity index (χ3v) is 6.24. The number of aryl methyl sites for hydroxylation is 1. The number of rotatable bonds is 8. The third kappa shape index (κ3) is 6.15. The molecule has 0 aromatic heterocycles. The van der Waals surface area contributed by atoms with Crippen molar-refractivity contribution >= 4 is 27.3 Å². The van der Waals surface area contributed by atoms with Gasteiger partial charge in [0.15, 0.2) is 0 Å². The van der Waals surface area contributed by atoms with Gasteiger partial charge in [0.05, 0.1) is 10.6 Å². The second kappa shape index (κ2) is 9.75. The van der Waals surface area contributed by atoms with Crippen LogP contribution in [0.3, 0.4) is 0 Å². The highest BCUT2D eigenvalue weighted by atomic mass is 32.2. The number of benzene rings is 3. The molecule has 0 saturated carbocycles. The molecule has 0 radical (unpaired) electrons. The van der Waals surface area contributed by atoms with E-state index in [9.17, 15) is 17.6 Å². The lowest BCUT2D eigenvalue weighted by Crippen LogP contribution is -2.15. The van der Waals surface area contributed by atoms with Crippen LogP contribution in [0.1, 0.15) is 37.3 Å². The number of nitrogens with one attached hydrogen (secondary N) is 2. The molecule has 0 spiro atoms. The van der Waals surface area contributed by atoms with E-state index in [1.807, 2.05) is 12.1 Å². The molecule has 0 aliphatic heterocycles. The first-order chi connectivity index (χ1) is 14.7. The highest BCUT2D eigenvalue weighted by molar-refractivity contribution is 7.92. The molecular weight excluding hydrogens is 415 g/mol. The minimum Gasteiger partial charge on any atom is -0.326 e. The fourth-order valence-corrected chi connectivity index (χ4v) is 4.08. The lowest BCUT2D eigenvalue weighted by Gasteiger charge is -2.10. The van der Waals surface area contributed by atoms with Crippen LogP contribution in [0.2, 0.25) is 0 Å². The van der Waals surface area contributed by atoms with Gasteiger partial charge in [0.25, 0.3) is 10.0 Å². The van der Waals surface area contributed by atoms with E-state index in [0.29, 0.717) is 24.4 Å². The maximum atomic E-state index is 13.7. The van der Waals surface area contributed by atoms with Gasteiger partial charge in [0.1, 0.15) is 5.82 Å². The van der Waals surface area contributed by atoms with E-state index in [1.54, 1.807) is 0 Å². The Kier molecular flexibility index (Phi) is 7.07. The van der Waals surface area contributed by atoms with Crippen LogP contribution in [0, 0.1) is 5.82 Å². The van der Waals surface area contributed by atoms with Crippen molar-refractivity contribution < 1.29 is 17.6 Å². The minimum absolute atomic E-state index is 0.0287. The van der Waals surface area contributed by atoms with Crippen LogP contribution in [-0.2, 0) is 21.2 Å². The number of para-hydroxylation sites is 1. The smallest absolute Gasteiger partial charge is 0.261 e. The molecule has 0 fully saturated rings. The average molecular weight is 441 g/mol. The zero-order valence-corrected chi connectivity index (χ0v) is 18.2.